The predicted octanol–water partition coefficient (Wildman–Crippen LogP) is 2.72. The van der Waals surface area contributed by atoms with E-state index in [4.69, 9.17) is 5.11 Å². The fourth-order valence-corrected chi connectivity index (χ4v) is 2.27. The molecule has 2 aromatic rings. The number of hydrogen-bond donors (Lipinski definition) is 1. The highest BCUT2D eigenvalue weighted by atomic mass is 32.1. The largest absolute Gasteiger partial charge is 0.478 e. The Morgan fingerprint density at radius 3 is 2.56 bits per heavy atom. The van der Waals surface area contributed by atoms with Crippen LogP contribution in [-0.2, 0) is 0 Å². The number of carboxylic acid groups (broad SMARTS) is 1. The average molecular weight is 261 g/mol. The smallest absolute Gasteiger partial charge is 0.337 e. The van der Waals surface area contributed by atoms with E-state index < -0.39 is 5.97 Å². The number of benzene rings is 1. The molecule has 1 heterocycles. The summed E-state index contributed by atoms with van der Waals surface area (Å²) in [5.74, 6) is -1.26. The van der Waals surface area contributed by atoms with E-state index >= 15 is 0 Å². The van der Waals surface area contributed by atoms with Crippen molar-refractivity contribution in [2.45, 2.75) is 0 Å². The number of anilines is 1. The molecule has 0 spiro atoms. The van der Waals surface area contributed by atoms with Crippen molar-refractivity contribution in [3.8, 4) is 0 Å². The average Bonchev–Trinajstić information content (AvgIpc) is 2.90. The predicted molar refractivity (Wildman–Crippen MR) is 70.5 cm³/mol. The highest BCUT2D eigenvalue weighted by Gasteiger charge is 2.19. The van der Waals surface area contributed by atoms with Gasteiger partial charge in [0.2, 0.25) is 0 Å². The summed E-state index contributed by atoms with van der Waals surface area (Å²) in [4.78, 5) is 24.6. The minimum absolute atomic E-state index is 0.114. The Balaban J connectivity index is 2.37. The Hall–Kier alpha value is -2.14. The summed E-state index contributed by atoms with van der Waals surface area (Å²) in [6.45, 7) is 0. The van der Waals surface area contributed by atoms with Crippen LogP contribution in [0.5, 0.6) is 0 Å². The molecule has 0 bridgehead atoms. The number of hydrogen-bond acceptors (Lipinski definition) is 3. The summed E-state index contributed by atoms with van der Waals surface area (Å²) in [5.41, 5.74) is 1.06. The van der Waals surface area contributed by atoms with Gasteiger partial charge < -0.3 is 10.0 Å². The van der Waals surface area contributed by atoms with Crippen molar-refractivity contribution in [3.63, 3.8) is 0 Å². The molecular weight excluding hydrogens is 250 g/mol. The number of rotatable bonds is 3. The van der Waals surface area contributed by atoms with Gasteiger partial charge in [0.25, 0.3) is 5.91 Å². The monoisotopic (exact) mass is 261 g/mol. The van der Waals surface area contributed by atoms with E-state index in [1.807, 2.05) is 5.38 Å². The second-order valence-electron chi connectivity index (χ2n) is 3.70. The zero-order valence-corrected chi connectivity index (χ0v) is 10.5. The van der Waals surface area contributed by atoms with Gasteiger partial charge in [-0.1, -0.05) is 12.1 Å². The highest BCUT2D eigenvalue weighted by Crippen LogP contribution is 2.21. The molecule has 0 saturated carbocycles. The molecule has 2 rings (SSSR count). The van der Waals surface area contributed by atoms with E-state index in [0.29, 0.717) is 11.3 Å². The number of aromatic carboxylic acids is 1. The fourth-order valence-electron chi connectivity index (χ4n) is 1.64. The molecule has 0 atom stereocenters. The van der Waals surface area contributed by atoms with Crippen molar-refractivity contribution < 1.29 is 14.7 Å². The zero-order valence-electron chi connectivity index (χ0n) is 9.66. The maximum atomic E-state index is 12.1. The summed E-state index contributed by atoms with van der Waals surface area (Å²) in [7, 11) is 1.57. The van der Waals surface area contributed by atoms with Crippen LogP contribution in [0.15, 0.2) is 41.1 Å². The van der Waals surface area contributed by atoms with Gasteiger partial charge in [-0.15, -0.1) is 0 Å². The first-order valence-corrected chi connectivity index (χ1v) is 6.18. The van der Waals surface area contributed by atoms with Crippen LogP contribution in [0, 0.1) is 0 Å². The fraction of sp³-hybridized carbons (Fsp3) is 0.0769. The van der Waals surface area contributed by atoms with Gasteiger partial charge in [0.1, 0.15) is 0 Å². The molecule has 18 heavy (non-hydrogen) atoms. The molecule has 0 aliphatic rings. The lowest BCUT2D eigenvalue weighted by atomic mass is 10.1. The normalized spacial score (nSPS) is 10.1. The molecule has 0 saturated heterocycles. The van der Waals surface area contributed by atoms with E-state index in [0.717, 1.165) is 0 Å². The summed E-state index contributed by atoms with van der Waals surface area (Å²) in [6, 6.07) is 8.16. The van der Waals surface area contributed by atoms with Gasteiger partial charge in [-0.3, -0.25) is 4.79 Å². The zero-order chi connectivity index (χ0) is 13.1. The Kier molecular flexibility index (Phi) is 3.43. The third kappa shape index (κ3) is 2.26. The van der Waals surface area contributed by atoms with Crippen molar-refractivity contribution in [2.75, 3.05) is 11.9 Å². The second-order valence-corrected chi connectivity index (χ2v) is 4.48. The van der Waals surface area contributed by atoms with E-state index in [9.17, 15) is 9.59 Å². The molecule has 0 aliphatic heterocycles. The summed E-state index contributed by atoms with van der Waals surface area (Å²) in [5, 5.41) is 12.6. The van der Waals surface area contributed by atoms with Crippen molar-refractivity contribution >= 4 is 28.9 Å². The van der Waals surface area contributed by atoms with Crippen LogP contribution in [0.25, 0.3) is 0 Å². The molecular formula is C13H11NO3S. The molecule has 1 amide bonds. The van der Waals surface area contributed by atoms with Gasteiger partial charge in [0.15, 0.2) is 0 Å². The van der Waals surface area contributed by atoms with E-state index in [1.54, 1.807) is 36.7 Å². The van der Waals surface area contributed by atoms with Crippen LogP contribution in [-0.4, -0.2) is 24.0 Å². The van der Waals surface area contributed by atoms with Gasteiger partial charge >= 0.3 is 5.97 Å². The summed E-state index contributed by atoms with van der Waals surface area (Å²) >= 11 is 1.43. The standard InChI is InChI=1S/C13H11NO3S/c1-14(12(15)9-6-7-18-8-9)11-5-3-2-4-10(11)13(16)17/h2-8H,1H3,(H,16,17). The van der Waals surface area contributed by atoms with Crippen LogP contribution in [0.3, 0.4) is 0 Å². The molecule has 92 valence electrons. The molecule has 4 nitrogen and oxygen atoms in total. The molecule has 1 aromatic carbocycles. The lowest BCUT2D eigenvalue weighted by molar-refractivity contribution is 0.0697. The minimum Gasteiger partial charge on any atom is -0.478 e. The van der Waals surface area contributed by atoms with Crippen molar-refractivity contribution in [2.24, 2.45) is 0 Å². The van der Waals surface area contributed by atoms with Crippen molar-refractivity contribution in [3.05, 3.63) is 52.2 Å². The number of amides is 1. The number of thiophene rings is 1. The molecule has 0 fully saturated rings. The van der Waals surface area contributed by atoms with Crippen LogP contribution >= 0.6 is 11.3 Å². The van der Waals surface area contributed by atoms with Crippen LogP contribution in [0.1, 0.15) is 20.7 Å². The lowest BCUT2D eigenvalue weighted by Gasteiger charge is -2.18. The Bertz CT molecular complexity index is 578. The van der Waals surface area contributed by atoms with Gasteiger partial charge in [-0.05, 0) is 23.6 Å². The Morgan fingerprint density at radius 1 is 1.22 bits per heavy atom. The maximum Gasteiger partial charge on any atom is 0.337 e. The summed E-state index contributed by atoms with van der Waals surface area (Å²) in [6.07, 6.45) is 0. The third-order valence-corrected chi connectivity index (χ3v) is 3.25. The van der Waals surface area contributed by atoms with E-state index in [1.165, 1.54) is 22.3 Å². The van der Waals surface area contributed by atoms with Crippen LogP contribution in [0.4, 0.5) is 5.69 Å². The maximum absolute atomic E-state index is 12.1. The van der Waals surface area contributed by atoms with Crippen LogP contribution in [0.2, 0.25) is 0 Å². The molecule has 0 radical (unpaired) electrons. The first-order chi connectivity index (χ1) is 8.61. The molecule has 0 unspecified atom stereocenters. The first kappa shape index (κ1) is 12.3. The first-order valence-electron chi connectivity index (χ1n) is 5.24. The van der Waals surface area contributed by atoms with Crippen molar-refractivity contribution in [1.29, 1.82) is 0 Å². The van der Waals surface area contributed by atoms with Crippen molar-refractivity contribution in [1.82, 2.24) is 0 Å². The Labute approximate surface area is 108 Å². The number of para-hydroxylation sites is 1. The molecule has 0 aliphatic carbocycles. The Morgan fingerprint density at radius 2 is 1.94 bits per heavy atom. The van der Waals surface area contributed by atoms with Crippen LogP contribution < -0.4 is 4.90 Å². The third-order valence-electron chi connectivity index (χ3n) is 2.57. The molecule has 1 aromatic heterocycles. The number of carbonyl (C=O) groups excluding carboxylic acids is 1. The number of nitrogens with zero attached hydrogens (tertiary/aromatic N) is 1. The second kappa shape index (κ2) is 5.01. The molecule has 5 heteroatoms. The topological polar surface area (TPSA) is 57.6 Å². The van der Waals surface area contributed by atoms with Gasteiger partial charge in [0.05, 0.1) is 16.8 Å². The SMILES string of the molecule is CN(C(=O)c1ccsc1)c1ccccc1C(=O)O. The molecule has 1 N–H and O–H groups in total. The van der Waals surface area contributed by atoms with Gasteiger partial charge in [-0.2, -0.15) is 11.3 Å². The quantitative estimate of drug-likeness (QED) is 0.924. The highest BCUT2D eigenvalue weighted by molar-refractivity contribution is 7.08. The summed E-state index contributed by atoms with van der Waals surface area (Å²) < 4.78 is 0. The number of carboxylic acids is 1. The lowest BCUT2D eigenvalue weighted by Crippen LogP contribution is -2.27. The van der Waals surface area contributed by atoms with Gasteiger partial charge in [-0.25, -0.2) is 4.79 Å². The van der Waals surface area contributed by atoms with E-state index in [2.05, 4.69) is 0 Å². The minimum atomic E-state index is -1.05. The van der Waals surface area contributed by atoms with E-state index in [-0.39, 0.29) is 11.5 Å². The number of carbonyl (C=O) groups is 2. The van der Waals surface area contributed by atoms with Gasteiger partial charge in [0, 0.05) is 12.4 Å².